The number of likely N-dealkylation sites (tertiary alicyclic amines) is 1. The summed E-state index contributed by atoms with van der Waals surface area (Å²) in [7, 11) is 0. The molecular weight excluding hydrogens is 404 g/mol. The fourth-order valence-electron chi connectivity index (χ4n) is 4.34. The third-order valence-electron chi connectivity index (χ3n) is 5.93. The van der Waals surface area contributed by atoms with Crippen LogP contribution in [-0.4, -0.2) is 35.8 Å². The molecular formula is C26H28N2O2S. The first-order valence-electron chi connectivity index (χ1n) is 11.0. The van der Waals surface area contributed by atoms with E-state index in [9.17, 15) is 9.59 Å². The largest absolute Gasteiger partial charge is 0.354 e. The lowest BCUT2D eigenvalue weighted by molar-refractivity contribution is -0.126. The van der Waals surface area contributed by atoms with Gasteiger partial charge in [0, 0.05) is 19.0 Å². The van der Waals surface area contributed by atoms with E-state index in [0.717, 1.165) is 25.7 Å². The van der Waals surface area contributed by atoms with Gasteiger partial charge in [-0.05, 0) is 48.3 Å². The number of carbonyl (C=O) groups excluding carboxylic acids is 2. The number of rotatable bonds is 7. The molecule has 1 N–H and O–H groups in total. The van der Waals surface area contributed by atoms with Crippen molar-refractivity contribution in [2.75, 3.05) is 13.1 Å². The first-order chi connectivity index (χ1) is 15.2. The molecule has 4 nitrogen and oxygen atoms in total. The van der Waals surface area contributed by atoms with Gasteiger partial charge in [0.05, 0.1) is 4.88 Å². The van der Waals surface area contributed by atoms with Gasteiger partial charge in [-0.2, -0.15) is 0 Å². The van der Waals surface area contributed by atoms with Gasteiger partial charge in [0.1, 0.15) is 6.04 Å². The molecule has 0 aliphatic carbocycles. The molecule has 0 saturated carbocycles. The van der Waals surface area contributed by atoms with Crippen molar-refractivity contribution in [3.63, 3.8) is 0 Å². The second-order valence-electron chi connectivity index (χ2n) is 7.94. The zero-order chi connectivity index (χ0) is 21.5. The number of nitrogens with zero attached hydrogens (tertiary/aromatic N) is 1. The summed E-state index contributed by atoms with van der Waals surface area (Å²) in [6.07, 6.45) is 3.46. The second kappa shape index (κ2) is 10.4. The predicted octanol–water partition coefficient (Wildman–Crippen LogP) is 5.08. The normalized spacial score (nSPS) is 16.3. The van der Waals surface area contributed by atoms with Gasteiger partial charge in [-0.1, -0.05) is 66.7 Å². The molecule has 1 atom stereocenters. The number of carbonyl (C=O) groups is 2. The Morgan fingerprint density at radius 3 is 2.23 bits per heavy atom. The minimum absolute atomic E-state index is 0.0266. The summed E-state index contributed by atoms with van der Waals surface area (Å²) in [6, 6.07) is 24.2. The Bertz CT molecular complexity index is 934. The Kier molecular flexibility index (Phi) is 7.15. The molecule has 1 fully saturated rings. The molecule has 4 rings (SSSR count). The molecule has 2 heterocycles. The van der Waals surface area contributed by atoms with Gasteiger partial charge in [0.15, 0.2) is 0 Å². The summed E-state index contributed by atoms with van der Waals surface area (Å²) in [6.45, 7) is 1.22. The minimum atomic E-state index is -0.379. The highest BCUT2D eigenvalue weighted by molar-refractivity contribution is 7.12. The summed E-state index contributed by atoms with van der Waals surface area (Å²) in [5.74, 6) is 0.156. The maximum absolute atomic E-state index is 13.0. The fraction of sp³-hybridized carbons (Fsp3) is 0.308. The number of benzene rings is 2. The van der Waals surface area contributed by atoms with E-state index in [2.05, 4.69) is 53.8 Å². The van der Waals surface area contributed by atoms with Crippen molar-refractivity contribution in [3.8, 4) is 0 Å². The van der Waals surface area contributed by atoms with E-state index in [1.54, 1.807) is 4.90 Å². The van der Waals surface area contributed by atoms with Crippen molar-refractivity contribution in [1.29, 1.82) is 0 Å². The Morgan fingerprint density at radius 2 is 1.61 bits per heavy atom. The molecule has 1 unspecified atom stereocenters. The Hall–Kier alpha value is -2.92. The van der Waals surface area contributed by atoms with Crippen LogP contribution in [0.5, 0.6) is 0 Å². The van der Waals surface area contributed by atoms with Crippen molar-refractivity contribution in [3.05, 3.63) is 94.2 Å². The minimum Gasteiger partial charge on any atom is -0.354 e. The van der Waals surface area contributed by atoms with Crippen LogP contribution in [-0.2, 0) is 4.79 Å². The zero-order valence-corrected chi connectivity index (χ0v) is 18.4. The lowest BCUT2D eigenvalue weighted by Gasteiger charge is -2.34. The monoisotopic (exact) mass is 432 g/mol. The maximum atomic E-state index is 13.0. The van der Waals surface area contributed by atoms with E-state index in [-0.39, 0.29) is 23.8 Å². The quantitative estimate of drug-likeness (QED) is 0.566. The highest BCUT2D eigenvalue weighted by Crippen LogP contribution is 2.27. The average Bonchev–Trinajstić information content (AvgIpc) is 3.37. The van der Waals surface area contributed by atoms with E-state index in [1.165, 1.54) is 22.5 Å². The molecule has 0 radical (unpaired) electrons. The van der Waals surface area contributed by atoms with Gasteiger partial charge in [-0.15, -0.1) is 11.3 Å². The number of thiophene rings is 1. The van der Waals surface area contributed by atoms with Gasteiger partial charge >= 0.3 is 0 Å². The molecule has 1 aromatic heterocycles. The average molecular weight is 433 g/mol. The number of nitrogens with one attached hydrogen (secondary N) is 1. The molecule has 160 valence electrons. The van der Waals surface area contributed by atoms with Crippen molar-refractivity contribution >= 4 is 23.2 Å². The lowest BCUT2D eigenvalue weighted by Crippen LogP contribution is -2.52. The van der Waals surface area contributed by atoms with E-state index >= 15 is 0 Å². The van der Waals surface area contributed by atoms with Gasteiger partial charge in [-0.25, -0.2) is 0 Å². The molecule has 1 saturated heterocycles. The van der Waals surface area contributed by atoms with E-state index < -0.39 is 0 Å². The molecule has 0 bridgehead atoms. The summed E-state index contributed by atoms with van der Waals surface area (Å²) >= 11 is 1.43. The topological polar surface area (TPSA) is 49.4 Å². The molecule has 0 spiro atoms. The highest BCUT2D eigenvalue weighted by Gasteiger charge is 2.32. The SMILES string of the molecule is O=C(NCCC(c1ccccc1)c1ccccc1)C1CCCCN1C(=O)c1cccs1. The van der Waals surface area contributed by atoms with Crippen molar-refractivity contribution in [2.24, 2.45) is 0 Å². The second-order valence-corrected chi connectivity index (χ2v) is 8.89. The summed E-state index contributed by atoms with van der Waals surface area (Å²) < 4.78 is 0. The molecule has 3 aromatic rings. The van der Waals surface area contributed by atoms with E-state index in [4.69, 9.17) is 0 Å². The Labute approximate surface area is 187 Å². The molecule has 5 heteroatoms. The Balaban J connectivity index is 1.41. The van der Waals surface area contributed by atoms with Crippen LogP contribution in [0.4, 0.5) is 0 Å². The van der Waals surface area contributed by atoms with Crippen molar-refractivity contribution < 1.29 is 9.59 Å². The molecule has 31 heavy (non-hydrogen) atoms. The van der Waals surface area contributed by atoms with Crippen LogP contribution in [0, 0.1) is 0 Å². The third-order valence-corrected chi connectivity index (χ3v) is 6.79. The standard InChI is InChI=1S/C26H28N2O2S/c29-25(23-14-7-8-18-28(23)26(30)24-15-9-19-31-24)27-17-16-22(20-10-3-1-4-11-20)21-12-5-2-6-13-21/h1-6,9-13,15,19,22-23H,7-8,14,16-18H2,(H,27,29). The van der Waals surface area contributed by atoms with Crippen LogP contribution in [0.25, 0.3) is 0 Å². The number of hydrogen-bond donors (Lipinski definition) is 1. The molecule has 2 amide bonds. The van der Waals surface area contributed by atoms with Crippen LogP contribution in [0.2, 0.25) is 0 Å². The Morgan fingerprint density at radius 1 is 0.935 bits per heavy atom. The summed E-state index contributed by atoms with van der Waals surface area (Å²) in [4.78, 5) is 28.4. The van der Waals surface area contributed by atoms with Crippen LogP contribution >= 0.6 is 11.3 Å². The van der Waals surface area contributed by atoms with Gasteiger partial charge in [0.2, 0.25) is 5.91 Å². The van der Waals surface area contributed by atoms with Crippen LogP contribution in [0.3, 0.4) is 0 Å². The van der Waals surface area contributed by atoms with Crippen LogP contribution in [0.1, 0.15) is 52.4 Å². The van der Waals surface area contributed by atoms with Gasteiger partial charge in [0.25, 0.3) is 5.91 Å². The van der Waals surface area contributed by atoms with E-state index in [0.29, 0.717) is 18.0 Å². The summed E-state index contributed by atoms with van der Waals surface area (Å²) in [5, 5.41) is 5.03. The first-order valence-corrected chi connectivity index (χ1v) is 11.8. The molecule has 2 aromatic carbocycles. The maximum Gasteiger partial charge on any atom is 0.264 e. The number of piperidine rings is 1. The first kappa shape index (κ1) is 21.3. The smallest absolute Gasteiger partial charge is 0.264 e. The molecule has 1 aliphatic rings. The van der Waals surface area contributed by atoms with Crippen LogP contribution < -0.4 is 5.32 Å². The fourth-order valence-corrected chi connectivity index (χ4v) is 5.02. The highest BCUT2D eigenvalue weighted by atomic mass is 32.1. The van der Waals surface area contributed by atoms with Crippen molar-refractivity contribution in [2.45, 2.75) is 37.6 Å². The predicted molar refractivity (Wildman–Crippen MR) is 125 cm³/mol. The van der Waals surface area contributed by atoms with Gasteiger partial charge in [-0.3, -0.25) is 9.59 Å². The molecule has 1 aliphatic heterocycles. The lowest BCUT2D eigenvalue weighted by atomic mass is 9.88. The van der Waals surface area contributed by atoms with Gasteiger partial charge < -0.3 is 10.2 Å². The van der Waals surface area contributed by atoms with E-state index in [1.807, 2.05) is 29.6 Å². The number of amides is 2. The zero-order valence-electron chi connectivity index (χ0n) is 17.6. The number of hydrogen-bond acceptors (Lipinski definition) is 3. The van der Waals surface area contributed by atoms with Crippen LogP contribution in [0.15, 0.2) is 78.2 Å². The van der Waals surface area contributed by atoms with Crippen molar-refractivity contribution in [1.82, 2.24) is 10.2 Å². The summed E-state index contributed by atoms with van der Waals surface area (Å²) in [5.41, 5.74) is 2.49. The third kappa shape index (κ3) is 5.23.